The average Bonchev–Trinajstić information content (AvgIpc) is 2.45. The quantitative estimate of drug-likeness (QED) is 0.320. The van der Waals surface area contributed by atoms with Crippen LogP contribution in [0, 0.1) is 0 Å². The van der Waals surface area contributed by atoms with Crippen molar-refractivity contribution in [2.24, 2.45) is 0 Å². The summed E-state index contributed by atoms with van der Waals surface area (Å²) in [4.78, 5) is 10.4. The van der Waals surface area contributed by atoms with Gasteiger partial charge in [0.05, 0.1) is 0 Å². The van der Waals surface area contributed by atoms with Crippen molar-refractivity contribution in [2.75, 3.05) is 0 Å². The zero-order valence-corrected chi connectivity index (χ0v) is 12.1. The van der Waals surface area contributed by atoms with Crippen molar-refractivity contribution in [3.63, 3.8) is 0 Å². The third kappa shape index (κ3) is 3.19. The standard InChI is InChI=1S/C11H7F13O2/c1-3-4(25)26-11(23,24)10(21,22)9(19,20)8(17,18)7(15,16)6(2,14)5(12)13/h3,5H,1H2,2H3. The number of hydrogen-bond acceptors (Lipinski definition) is 2. The minimum Gasteiger partial charge on any atom is -0.393 e. The highest BCUT2D eigenvalue weighted by atomic mass is 19.4. The number of esters is 1. The van der Waals surface area contributed by atoms with E-state index in [1.165, 1.54) is 0 Å². The lowest BCUT2D eigenvalue weighted by atomic mass is 9.88. The molecule has 0 amide bonds. The van der Waals surface area contributed by atoms with Crippen LogP contribution in [0.1, 0.15) is 6.92 Å². The van der Waals surface area contributed by atoms with E-state index in [1.807, 2.05) is 0 Å². The molecule has 0 aliphatic rings. The third-order valence-electron chi connectivity index (χ3n) is 2.97. The number of hydrogen-bond donors (Lipinski definition) is 0. The maximum absolute atomic E-state index is 13.2. The highest BCUT2D eigenvalue weighted by Gasteiger charge is 2.90. The second kappa shape index (κ2) is 6.48. The van der Waals surface area contributed by atoms with Crippen LogP contribution in [0.2, 0.25) is 0 Å². The predicted molar refractivity (Wildman–Crippen MR) is 56.5 cm³/mol. The molecule has 1 atom stereocenters. The molecule has 26 heavy (non-hydrogen) atoms. The number of halogens is 13. The summed E-state index contributed by atoms with van der Waals surface area (Å²) in [5.74, 6) is -33.0. The molecule has 0 saturated heterocycles. The van der Waals surface area contributed by atoms with E-state index in [1.54, 1.807) is 0 Å². The first-order valence-electron chi connectivity index (χ1n) is 5.86. The molecule has 0 aromatic carbocycles. The summed E-state index contributed by atoms with van der Waals surface area (Å²) in [6, 6.07) is 0. The largest absolute Gasteiger partial charge is 0.473 e. The molecule has 2 nitrogen and oxygen atoms in total. The van der Waals surface area contributed by atoms with Gasteiger partial charge < -0.3 is 4.74 Å². The van der Waals surface area contributed by atoms with Gasteiger partial charge in [0, 0.05) is 6.08 Å². The molecule has 0 aliphatic carbocycles. The molecule has 0 heterocycles. The summed E-state index contributed by atoms with van der Waals surface area (Å²) in [6.45, 7) is 1.36. The van der Waals surface area contributed by atoms with Crippen molar-refractivity contribution in [1.29, 1.82) is 0 Å². The molecule has 0 aromatic rings. The van der Waals surface area contributed by atoms with E-state index in [4.69, 9.17) is 0 Å². The monoisotopic (exact) mass is 418 g/mol. The molecule has 15 heteroatoms. The van der Waals surface area contributed by atoms with Crippen LogP contribution in [0.25, 0.3) is 0 Å². The molecule has 1 unspecified atom stereocenters. The molecule has 0 aromatic heterocycles. The van der Waals surface area contributed by atoms with Crippen LogP contribution in [-0.4, -0.2) is 47.9 Å². The Hall–Kier alpha value is -1.70. The van der Waals surface area contributed by atoms with Gasteiger partial charge in [-0.3, -0.25) is 0 Å². The molecular weight excluding hydrogens is 411 g/mol. The van der Waals surface area contributed by atoms with Gasteiger partial charge in [-0.05, 0) is 6.92 Å². The van der Waals surface area contributed by atoms with Gasteiger partial charge in [0.2, 0.25) is 5.67 Å². The molecule has 0 aliphatic heterocycles. The van der Waals surface area contributed by atoms with Gasteiger partial charge in [-0.25, -0.2) is 18.0 Å². The van der Waals surface area contributed by atoms with Gasteiger partial charge in [0.25, 0.3) is 6.43 Å². The Morgan fingerprint density at radius 2 is 1.15 bits per heavy atom. The molecule has 0 radical (unpaired) electrons. The van der Waals surface area contributed by atoms with Crippen molar-refractivity contribution in [1.82, 2.24) is 0 Å². The molecule has 0 saturated carbocycles. The van der Waals surface area contributed by atoms with Crippen LogP contribution < -0.4 is 0 Å². The normalized spacial score (nSPS) is 17.0. The van der Waals surface area contributed by atoms with Crippen LogP contribution in [0.4, 0.5) is 57.1 Å². The maximum atomic E-state index is 13.2. The highest BCUT2D eigenvalue weighted by molar-refractivity contribution is 5.81. The van der Waals surface area contributed by atoms with Crippen LogP contribution in [0.5, 0.6) is 0 Å². The second-order valence-electron chi connectivity index (χ2n) is 4.82. The lowest BCUT2D eigenvalue weighted by Gasteiger charge is -2.41. The number of carbonyl (C=O) groups excluding carboxylic acids is 1. The van der Waals surface area contributed by atoms with E-state index in [-0.39, 0.29) is 6.08 Å². The van der Waals surface area contributed by atoms with Crippen LogP contribution in [0.3, 0.4) is 0 Å². The molecule has 0 N–H and O–H groups in total. The van der Waals surface area contributed by atoms with Crippen molar-refractivity contribution >= 4 is 5.97 Å². The summed E-state index contributed by atoms with van der Waals surface area (Å²) in [5, 5.41) is 0. The zero-order valence-electron chi connectivity index (χ0n) is 12.1. The zero-order chi connectivity index (χ0) is 21.6. The fourth-order valence-electron chi connectivity index (χ4n) is 1.25. The lowest BCUT2D eigenvalue weighted by Crippen LogP contribution is -2.72. The van der Waals surface area contributed by atoms with Crippen molar-refractivity contribution < 1.29 is 66.6 Å². The topological polar surface area (TPSA) is 26.3 Å². The number of rotatable bonds is 8. The van der Waals surface area contributed by atoms with Gasteiger partial charge in [0.15, 0.2) is 0 Å². The van der Waals surface area contributed by atoms with Crippen molar-refractivity contribution in [3.05, 3.63) is 12.7 Å². The molecular formula is C11H7F13O2. The van der Waals surface area contributed by atoms with Crippen LogP contribution in [0.15, 0.2) is 12.7 Å². The smallest absolute Gasteiger partial charge is 0.393 e. The highest BCUT2D eigenvalue weighted by Crippen LogP contribution is 2.60. The van der Waals surface area contributed by atoms with Crippen molar-refractivity contribution in [2.45, 2.75) is 48.8 Å². The summed E-state index contributed by atoms with van der Waals surface area (Å²) >= 11 is 0. The Bertz CT molecular complexity index is 552. The molecule has 0 bridgehead atoms. The van der Waals surface area contributed by atoms with Crippen LogP contribution in [-0.2, 0) is 9.53 Å². The minimum atomic E-state index is -7.86. The minimum absolute atomic E-state index is 0.301. The van der Waals surface area contributed by atoms with E-state index in [0.29, 0.717) is 0 Å². The number of carbonyl (C=O) groups is 1. The Balaban J connectivity index is 6.35. The average molecular weight is 418 g/mol. The first kappa shape index (κ1) is 24.3. The molecule has 0 rings (SSSR count). The number of alkyl halides is 13. The van der Waals surface area contributed by atoms with Gasteiger partial charge in [0.1, 0.15) is 0 Å². The number of ether oxygens (including phenoxy) is 1. The fraction of sp³-hybridized carbons (Fsp3) is 0.727. The first-order valence-corrected chi connectivity index (χ1v) is 5.86. The Labute approximate surface area is 135 Å². The third-order valence-corrected chi connectivity index (χ3v) is 2.97. The lowest BCUT2D eigenvalue weighted by molar-refractivity contribution is -0.446. The molecule has 154 valence electrons. The summed E-state index contributed by atoms with van der Waals surface area (Å²) in [5.41, 5.74) is -5.83. The molecule has 0 spiro atoms. The van der Waals surface area contributed by atoms with Gasteiger partial charge in [-0.15, -0.1) is 0 Å². The molecule has 0 fully saturated rings. The summed E-state index contributed by atoms with van der Waals surface area (Å²) in [7, 11) is 0. The first-order chi connectivity index (χ1) is 11.1. The maximum Gasteiger partial charge on any atom is 0.473 e. The van der Waals surface area contributed by atoms with Gasteiger partial charge in [-0.2, -0.15) is 43.9 Å². The van der Waals surface area contributed by atoms with Crippen LogP contribution >= 0.6 is 0 Å². The van der Waals surface area contributed by atoms with Gasteiger partial charge in [-0.1, -0.05) is 6.58 Å². The van der Waals surface area contributed by atoms with E-state index in [9.17, 15) is 61.9 Å². The fourth-order valence-corrected chi connectivity index (χ4v) is 1.25. The Morgan fingerprint density at radius 3 is 1.46 bits per heavy atom. The van der Waals surface area contributed by atoms with E-state index in [0.717, 1.165) is 0 Å². The second-order valence-corrected chi connectivity index (χ2v) is 4.82. The predicted octanol–water partition coefficient (Wildman–Crippen LogP) is 4.84. The summed E-state index contributed by atoms with van der Waals surface area (Å²) < 4.78 is 171. The van der Waals surface area contributed by atoms with E-state index in [2.05, 4.69) is 11.3 Å². The Morgan fingerprint density at radius 1 is 0.808 bits per heavy atom. The van der Waals surface area contributed by atoms with E-state index >= 15 is 0 Å². The Kier molecular flexibility index (Phi) is 6.05. The van der Waals surface area contributed by atoms with Crippen molar-refractivity contribution in [3.8, 4) is 0 Å². The van der Waals surface area contributed by atoms with E-state index < -0.39 is 54.8 Å². The summed E-state index contributed by atoms with van der Waals surface area (Å²) in [6.07, 6.45) is -12.2. The van der Waals surface area contributed by atoms with Gasteiger partial charge >= 0.3 is 35.8 Å². The SMILES string of the molecule is C=CC(=O)OC(F)(F)C(F)(F)C(F)(F)C(F)(F)C(F)(F)C(C)(F)C(F)F.